The lowest BCUT2D eigenvalue weighted by atomic mass is 10.1. The molecule has 1 heterocycles. The van der Waals surface area contributed by atoms with E-state index in [4.69, 9.17) is 0 Å². The summed E-state index contributed by atoms with van der Waals surface area (Å²) in [7, 11) is 0. The first-order chi connectivity index (χ1) is 11.9. The summed E-state index contributed by atoms with van der Waals surface area (Å²) in [6.07, 6.45) is 4.26. The Labute approximate surface area is 156 Å². The van der Waals surface area contributed by atoms with E-state index in [0.717, 1.165) is 0 Å². The molecule has 25 heavy (non-hydrogen) atoms. The molecular weight excluding hydrogens is 324 g/mol. The number of nitrogens with zero attached hydrogens (tertiary/aromatic N) is 2. The van der Waals surface area contributed by atoms with E-state index in [1.165, 1.54) is 11.1 Å². The number of hydrogen-bond acceptors (Lipinski definition) is 3. The number of rotatable bonds is 5. The highest BCUT2D eigenvalue weighted by molar-refractivity contribution is 8.00. The van der Waals surface area contributed by atoms with E-state index in [1.54, 1.807) is 0 Å². The summed E-state index contributed by atoms with van der Waals surface area (Å²) in [5, 5.41) is 0.213. The molecule has 3 rings (SSSR count). The summed E-state index contributed by atoms with van der Waals surface area (Å²) in [6, 6.07) is 21.5. The average molecular weight is 351 g/mol. The van der Waals surface area contributed by atoms with Crippen molar-refractivity contribution in [1.29, 1.82) is 0 Å². The first-order valence-electron chi connectivity index (χ1n) is 8.73. The van der Waals surface area contributed by atoms with Crippen LogP contribution < -0.4 is 0 Å². The van der Waals surface area contributed by atoms with Gasteiger partial charge in [0.05, 0.1) is 6.04 Å². The van der Waals surface area contributed by atoms with E-state index in [9.17, 15) is 0 Å². The average Bonchev–Trinajstić information content (AvgIpc) is 3.09. The van der Waals surface area contributed by atoms with Gasteiger partial charge in [-0.25, -0.2) is 0 Å². The highest BCUT2D eigenvalue weighted by atomic mass is 32.2. The standard InChI is InChI=1S/C22H26N2S/c1-18(19-11-7-5-8-12-19)23-15-16-24(17-23)21(25-22(2,3)4)20-13-9-6-10-14-20/h5-16,18,21H,1-4H3/t18-,21?/m1/s1. The first kappa shape index (κ1) is 17.9. The van der Waals surface area contributed by atoms with Gasteiger partial charge in [0.15, 0.2) is 0 Å². The largest absolute Gasteiger partial charge is 0.339 e. The van der Waals surface area contributed by atoms with Crippen molar-refractivity contribution in [1.82, 2.24) is 9.80 Å². The highest BCUT2D eigenvalue weighted by Gasteiger charge is 2.30. The SMILES string of the molecule is C[C@H](c1ccccc1)N1[C]N(C(SC(C)(C)C)c2ccccc2)C=C1. The number of benzene rings is 2. The lowest BCUT2D eigenvalue weighted by molar-refractivity contribution is 0.286. The molecule has 1 aliphatic rings. The van der Waals surface area contributed by atoms with Gasteiger partial charge in [-0.1, -0.05) is 81.4 Å². The fraction of sp³-hybridized carbons (Fsp3) is 0.318. The van der Waals surface area contributed by atoms with Gasteiger partial charge >= 0.3 is 0 Å². The minimum atomic E-state index is 0.161. The smallest absolute Gasteiger partial charge is 0.209 e. The second kappa shape index (κ2) is 7.57. The molecule has 2 aromatic carbocycles. The van der Waals surface area contributed by atoms with Gasteiger partial charge in [-0.3, -0.25) is 0 Å². The quantitative estimate of drug-likeness (QED) is 0.647. The normalized spacial score (nSPS) is 17.0. The van der Waals surface area contributed by atoms with Gasteiger partial charge in [0.2, 0.25) is 6.67 Å². The molecular formula is C22H26N2S. The molecule has 2 nitrogen and oxygen atoms in total. The monoisotopic (exact) mass is 350 g/mol. The number of hydrogen-bond donors (Lipinski definition) is 0. The molecule has 0 saturated heterocycles. The summed E-state index contributed by atoms with van der Waals surface area (Å²) in [5.41, 5.74) is 2.59. The lowest BCUT2D eigenvalue weighted by Gasteiger charge is -2.34. The van der Waals surface area contributed by atoms with E-state index < -0.39 is 0 Å². The van der Waals surface area contributed by atoms with Crippen molar-refractivity contribution in [3.8, 4) is 0 Å². The third-order valence-electron chi connectivity index (χ3n) is 4.12. The Bertz CT molecular complexity index is 691. The van der Waals surface area contributed by atoms with Crippen molar-refractivity contribution in [3.63, 3.8) is 0 Å². The fourth-order valence-corrected chi connectivity index (χ4v) is 4.01. The Morgan fingerprint density at radius 3 is 1.88 bits per heavy atom. The maximum absolute atomic E-state index is 3.55. The summed E-state index contributed by atoms with van der Waals surface area (Å²) in [6.45, 7) is 12.5. The van der Waals surface area contributed by atoms with E-state index in [1.807, 2.05) is 11.8 Å². The van der Waals surface area contributed by atoms with Crippen LogP contribution in [0.25, 0.3) is 0 Å². The van der Waals surface area contributed by atoms with Crippen LogP contribution in [0.3, 0.4) is 0 Å². The Morgan fingerprint density at radius 2 is 1.32 bits per heavy atom. The first-order valence-corrected chi connectivity index (χ1v) is 9.61. The summed E-state index contributed by atoms with van der Waals surface area (Å²) in [5.74, 6) is 0. The Balaban J connectivity index is 1.76. The second-order valence-corrected chi connectivity index (χ2v) is 9.20. The van der Waals surface area contributed by atoms with Crippen LogP contribution in [-0.4, -0.2) is 14.5 Å². The van der Waals surface area contributed by atoms with Crippen molar-refractivity contribution in [2.45, 2.75) is 43.9 Å². The van der Waals surface area contributed by atoms with Crippen molar-refractivity contribution in [2.24, 2.45) is 0 Å². The fourth-order valence-electron chi connectivity index (χ4n) is 2.82. The van der Waals surface area contributed by atoms with E-state index in [2.05, 4.69) is 117 Å². The highest BCUT2D eigenvalue weighted by Crippen LogP contribution is 2.43. The zero-order valence-electron chi connectivity index (χ0n) is 15.4. The molecule has 0 saturated carbocycles. The minimum Gasteiger partial charge on any atom is -0.339 e. The van der Waals surface area contributed by atoms with Crippen molar-refractivity contribution < 1.29 is 0 Å². The summed E-state index contributed by atoms with van der Waals surface area (Å²) in [4.78, 5) is 4.36. The summed E-state index contributed by atoms with van der Waals surface area (Å²) < 4.78 is 0.161. The zero-order chi connectivity index (χ0) is 17.9. The molecule has 2 radical (unpaired) electrons. The van der Waals surface area contributed by atoms with Gasteiger partial charge in [-0.05, 0) is 18.1 Å². The maximum atomic E-state index is 3.55. The molecule has 130 valence electrons. The predicted octanol–water partition coefficient (Wildman–Crippen LogP) is 6.06. The van der Waals surface area contributed by atoms with Crippen LogP contribution in [-0.2, 0) is 0 Å². The van der Waals surface area contributed by atoms with Crippen LogP contribution in [0.2, 0.25) is 0 Å². The molecule has 0 N–H and O–H groups in total. The molecule has 0 aliphatic carbocycles. The lowest BCUT2D eigenvalue weighted by Crippen LogP contribution is -2.26. The van der Waals surface area contributed by atoms with Gasteiger partial charge in [0.25, 0.3) is 0 Å². The van der Waals surface area contributed by atoms with Crippen molar-refractivity contribution in [3.05, 3.63) is 90.9 Å². The van der Waals surface area contributed by atoms with Crippen LogP contribution >= 0.6 is 11.8 Å². The van der Waals surface area contributed by atoms with Crippen LogP contribution in [0.15, 0.2) is 73.1 Å². The number of thioether (sulfide) groups is 1. The zero-order valence-corrected chi connectivity index (χ0v) is 16.2. The van der Waals surface area contributed by atoms with E-state index >= 15 is 0 Å². The topological polar surface area (TPSA) is 6.48 Å². The van der Waals surface area contributed by atoms with Crippen LogP contribution in [0, 0.1) is 6.67 Å². The maximum Gasteiger partial charge on any atom is 0.209 e. The van der Waals surface area contributed by atoms with Gasteiger partial charge < -0.3 is 9.80 Å². The Morgan fingerprint density at radius 1 is 0.800 bits per heavy atom. The molecule has 0 fully saturated rings. The van der Waals surface area contributed by atoms with Crippen LogP contribution in [0.4, 0.5) is 0 Å². The molecule has 2 aromatic rings. The van der Waals surface area contributed by atoms with E-state index in [-0.39, 0.29) is 16.2 Å². The molecule has 0 aromatic heterocycles. The Hall–Kier alpha value is -1.87. The predicted molar refractivity (Wildman–Crippen MR) is 107 cm³/mol. The molecule has 0 amide bonds. The van der Waals surface area contributed by atoms with Crippen molar-refractivity contribution in [2.75, 3.05) is 0 Å². The van der Waals surface area contributed by atoms with Gasteiger partial charge in [-0.15, -0.1) is 11.8 Å². The van der Waals surface area contributed by atoms with Crippen LogP contribution in [0.1, 0.15) is 50.2 Å². The molecule has 1 unspecified atom stereocenters. The molecule has 1 aliphatic heterocycles. The minimum absolute atomic E-state index is 0.161. The summed E-state index contributed by atoms with van der Waals surface area (Å²) >= 11 is 1.95. The molecule has 2 atom stereocenters. The van der Waals surface area contributed by atoms with Gasteiger partial charge in [0, 0.05) is 17.1 Å². The van der Waals surface area contributed by atoms with Crippen LogP contribution in [0.5, 0.6) is 0 Å². The van der Waals surface area contributed by atoms with Crippen molar-refractivity contribution >= 4 is 11.8 Å². The molecule has 0 spiro atoms. The molecule has 3 heteroatoms. The molecule has 0 bridgehead atoms. The third-order valence-corrected chi connectivity index (χ3v) is 5.55. The Kier molecular flexibility index (Phi) is 5.43. The van der Waals surface area contributed by atoms with Gasteiger partial charge in [-0.2, -0.15) is 0 Å². The second-order valence-electron chi connectivity index (χ2n) is 7.29. The van der Waals surface area contributed by atoms with E-state index in [0.29, 0.717) is 0 Å². The van der Waals surface area contributed by atoms with Gasteiger partial charge in [0.1, 0.15) is 5.37 Å². The third kappa shape index (κ3) is 4.60.